The molecule has 1 heterocycles. The summed E-state index contributed by atoms with van der Waals surface area (Å²) in [6.07, 6.45) is 1.05. The average molecular weight is 191 g/mol. The predicted molar refractivity (Wildman–Crippen MR) is 52.3 cm³/mol. The fourth-order valence-corrected chi connectivity index (χ4v) is 2.45. The number of hydrogen-bond acceptors (Lipinski definition) is 3. The Hall–Kier alpha value is -1.06. The molecule has 3 heteroatoms. The summed E-state index contributed by atoms with van der Waals surface area (Å²) in [5.41, 5.74) is 2.26. The third-order valence-electron chi connectivity index (χ3n) is 3.10. The highest BCUT2D eigenvalue weighted by Gasteiger charge is 2.36. The quantitative estimate of drug-likeness (QED) is 0.642. The maximum atomic E-state index is 9.70. The van der Waals surface area contributed by atoms with Crippen LogP contribution in [-0.2, 0) is 11.2 Å². The van der Waals surface area contributed by atoms with E-state index in [1.54, 1.807) is 6.07 Å². The highest BCUT2D eigenvalue weighted by Crippen LogP contribution is 2.38. The molecule has 0 bridgehead atoms. The van der Waals surface area contributed by atoms with Gasteiger partial charge in [0, 0.05) is 18.5 Å². The van der Waals surface area contributed by atoms with E-state index in [4.69, 9.17) is 4.74 Å². The van der Waals surface area contributed by atoms with Crippen molar-refractivity contribution in [3.63, 3.8) is 0 Å². The first-order valence-electron chi connectivity index (χ1n) is 5.02. The van der Waals surface area contributed by atoms with Crippen LogP contribution in [-0.4, -0.2) is 24.4 Å². The van der Waals surface area contributed by atoms with E-state index in [2.05, 4.69) is 11.4 Å². The summed E-state index contributed by atoms with van der Waals surface area (Å²) in [5.74, 6) is 0.405. The van der Waals surface area contributed by atoms with Gasteiger partial charge in [0.25, 0.3) is 0 Å². The van der Waals surface area contributed by atoms with Crippen LogP contribution in [0.1, 0.15) is 17.2 Å². The van der Waals surface area contributed by atoms with Crippen molar-refractivity contribution in [3.05, 3.63) is 29.3 Å². The van der Waals surface area contributed by atoms with Crippen molar-refractivity contribution < 1.29 is 9.84 Å². The first-order chi connectivity index (χ1) is 6.86. The van der Waals surface area contributed by atoms with Gasteiger partial charge in [-0.15, -0.1) is 0 Å². The van der Waals surface area contributed by atoms with Crippen molar-refractivity contribution >= 4 is 0 Å². The molecule has 0 radical (unpaired) electrons. The molecular weight excluding hydrogens is 178 g/mol. The number of rotatable bonds is 0. The topological polar surface area (TPSA) is 41.5 Å². The second kappa shape index (κ2) is 2.97. The van der Waals surface area contributed by atoms with Gasteiger partial charge >= 0.3 is 0 Å². The van der Waals surface area contributed by atoms with Crippen LogP contribution in [0.3, 0.4) is 0 Å². The van der Waals surface area contributed by atoms with Crippen LogP contribution >= 0.6 is 0 Å². The first-order valence-corrected chi connectivity index (χ1v) is 5.02. The third kappa shape index (κ3) is 1.06. The van der Waals surface area contributed by atoms with E-state index in [0.717, 1.165) is 25.1 Å². The van der Waals surface area contributed by atoms with Gasteiger partial charge in [-0.2, -0.15) is 0 Å². The molecule has 3 nitrogen and oxygen atoms in total. The minimum absolute atomic E-state index is 0.215. The maximum absolute atomic E-state index is 9.70. The lowest BCUT2D eigenvalue weighted by atomic mass is 10.1. The Bertz CT molecular complexity index is 364. The molecule has 74 valence electrons. The Labute approximate surface area is 82.7 Å². The Morgan fingerprint density at radius 2 is 2.36 bits per heavy atom. The molecular formula is C11H13NO2. The Kier molecular flexibility index (Phi) is 1.75. The van der Waals surface area contributed by atoms with Crippen molar-refractivity contribution in [2.75, 3.05) is 13.2 Å². The molecule has 0 spiro atoms. The lowest BCUT2D eigenvalue weighted by Gasteiger charge is -2.27. The Balaban J connectivity index is 2.05. The zero-order chi connectivity index (χ0) is 9.54. The first kappa shape index (κ1) is 8.26. The van der Waals surface area contributed by atoms with Gasteiger partial charge in [0.15, 0.2) is 0 Å². The molecule has 1 aliphatic carbocycles. The number of fused-ring (bicyclic) bond motifs is 3. The predicted octanol–water partition coefficient (Wildman–Crippen LogP) is 0.978. The monoisotopic (exact) mass is 191 g/mol. The lowest BCUT2D eigenvalue weighted by molar-refractivity contribution is 0.00494. The van der Waals surface area contributed by atoms with Crippen molar-refractivity contribution in [2.24, 2.45) is 0 Å². The fraction of sp³-hybridized carbons (Fsp3) is 0.455. The lowest BCUT2D eigenvalue weighted by Crippen LogP contribution is -2.39. The van der Waals surface area contributed by atoms with Gasteiger partial charge in [-0.25, -0.2) is 0 Å². The van der Waals surface area contributed by atoms with Crippen LogP contribution in [0.2, 0.25) is 0 Å². The number of benzene rings is 1. The molecule has 1 aliphatic heterocycles. The minimum Gasteiger partial charge on any atom is -0.508 e. The molecule has 1 fully saturated rings. The van der Waals surface area contributed by atoms with Gasteiger partial charge in [0.1, 0.15) is 5.75 Å². The summed E-state index contributed by atoms with van der Waals surface area (Å²) >= 11 is 0. The molecule has 0 saturated carbocycles. The van der Waals surface area contributed by atoms with E-state index in [1.165, 1.54) is 5.56 Å². The van der Waals surface area contributed by atoms with Gasteiger partial charge in [0.05, 0.1) is 18.8 Å². The van der Waals surface area contributed by atoms with Crippen LogP contribution in [0, 0.1) is 0 Å². The number of phenolic OH excluding ortho intramolecular Hbond substituents is 1. The van der Waals surface area contributed by atoms with E-state index in [1.807, 2.05) is 6.07 Å². The number of phenols is 1. The van der Waals surface area contributed by atoms with E-state index in [-0.39, 0.29) is 12.1 Å². The second-order valence-corrected chi connectivity index (χ2v) is 3.89. The maximum Gasteiger partial charge on any atom is 0.119 e. The van der Waals surface area contributed by atoms with Crippen LogP contribution in [0.5, 0.6) is 5.75 Å². The summed E-state index contributed by atoms with van der Waals surface area (Å²) < 4.78 is 5.67. The molecule has 1 aromatic rings. The molecule has 0 aromatic heterocycles. The van der Waals surface area contributed by atoms with Crippen molar-refractivity contribution in [1.29, 1.82) is 0 Å². The number of hydrogen-bond donors (Lipinski definition) is 2. The average Bonchev–Trinajstić information content (AvgIpc) is 2.59. The second-order valence-electron chi connectivity index (χ2n) is 3.89. The van der Waals surface area contributed by atoms with E-state index in [9.17, 15) is 5.11 Å². The van der Waals surface area contributed by atoms with Crippen molar-refractivity contribution in [1.82, 2.24) is 5.32 Å². The van der Waals surface area contributed by atoms with Gasteiger partial charge in [-0.05, 0) is 11.6 Å². The minimum atomic E-state index is 0.215. The van der Waals surface area contributed by atoms with E-state index >= 15 is 0 Å². The SMILES string of the molecule is Oc1cccc2c1CC1OCCNC21. The van der Waals surface area contributed by atoms with Crippen LogP contribution < -0.4 is 5.32 Å². The number of nitrogens with one attached hydrogen (secondary N) is 1. The molecule has 2 aliphatic rings. The van der Waals surface area contributed by atoms with E-state index in [0.29, 0.717) is 5.75 Å². The van der Waals surface area contributed by atoms with Crippen molar-refractivity contribution in [2.45, 2.75) is 18.6 Å². The molecule has 2 atom stereocenters. The van der Waals surface area contributed by atoms with Crippen LogP contribution in [0.25, 0.3) is 0 Å². The zero-order valence-electron chi connectivity index (χ0n) is 7.86. The Morgan fingerprint density at radius 3 is 3.29 bits per heavy atom. The zero-order valence-corrected chi connectivity index (χ0v) is 7.86. The van der Waals surface area contributed by atoms with Gasteiger partial charge in [-0.1, -0.05) is 12.1 Å². The molecule has 14 heavy (non-hydrogen) atoms. The summed E-state index contributed by atoms with van der Waals surface area (Å²) in [6.45, 7) is 1.67. The molecule has 1 saturated heterocycles. The fourth-order valence-electron chi connectivity index (χ4n) is 2.45. The van der Waals surface area contributed by atoms with E-state index < -0.39 is 0 Å². The highest BCUT2D eigenvalue weighted by atomic mass is 16.5. The molecule has 0 amide bonds. The molecule has 1 aromatic carbocycles. The molecule has 2 unspecified atom stereocenters. The summed E-state index contributed by atoms with van der Waals surface area (Å²) in [7, 11) is 0. The highest BCUT2D eigenvalue weighted by molar-refractivity contribution is 5.45. The standard InChI is InChI=1S/C11H13NO2/c13-9-3-1-2-7-8(9)6-10-11(7)12-4-5-14-10/h1-3,10-13H,4-6H2. The van der Waals surface area contributed by atoms with Gasteiger partial charge < -0.3 is 15.2 Å². The summed E-state index contributed by atoms with van der Waals surface area (Å²) in [5, 5.41) is 13.1. The molecule has 3 rings (SSSR count). The van der Waals surface area contributed by atoms with Crippen LogP contribution in [0.4, 0.5) is 0 Å². The largest absolute Gasteiger partial charge is 0.508 e. The summed E-state index contributed by atoms with van der Waals surface area (Å²) in [4.78, 5) is 0. The van der Waals surface area contributed by atoms with Gasteiger partial charge in [0.2, 0.25) is 0 Å². The van der Waals surface area contributed by atoms with Gasteiger partial charge in [-0.3, -0.25) is 0 Å². The van der Waals surface area contributed by atoms with Crippen molar-refractivity contribution in [3.8, 4) is 5.75 Å². The third-order valence-corrected chi connectivity index (χ3v) is 3.10. The number of ether oxygens (including phenoxy) is 1. The Morgan fingerprint density at radius 1 is 1.43 bits per heavy atom. The van der Waals surface area contributed by atoms with Crippen LogP contribution in [0.15, 0.2) is 18.2 Å². The number of morpholine rings is 1. The number of aromatic hydroxyl groups is 1. The summed E-state index contributed by atoms with van der Waals surface area (Å²) in [6, 6.07) is 6.00. The smallest absolute Gasteiger partial charge is 0.119 e. The normalized spacial score (nSPS) is 29.7. The molecule has 2 N–H and O–H groups in total.